The van der Waals surface area contributed by atoms with E-state index in [-0.39, 0.29) is 30.2 Å². The molecule has 6 heteroatoms. The summed E-state index contributed by atoms with van der Waals surface area (Å²) in [6, 6.07) is 5.43. The lowest BCUT2D eigenvalue weighted by atomic mass is 9.73. The van der Waals surface area contributed by atoms with Crippen molar-refractivity contribution in [1.82, 2.24) is 10.2 Å². The van der Waals surface area contributed by atoms with Crippen LogP contribution in [0.3, 0.4) is 0 Å². The second kappa shape index (κ2) is 7.33. The molecule has 4 amide bonds. The van der Waals surface area contributed by atoms with Gasteiger partial charge in [-0.25, -0.2) is 4.79 Å². The fourth-order valence-corrected chi connectivity index (χ4v) is 4.30. The molecule has 0 unspecified atom stereocenters. The lowest BCUT2D eigenvalue weighted by Gasteiger charge is -2.36. The van der Waals surface area contributed by atoms with Crippen molar-refractivity contribution in [1.29, 1.82) is 0 Å². The summed E-state index contributed by atoms with van der Waals surface area (Å²) in [6.07, 6.45) is 3.54. The SMILES string of the molecule is Cc1cccc(C(C)C)c1NC(=O)CN1C(=O)N[C@@]2(CCCC[C@@H]2C)C1=O. The van der Waals surface area contributed by atoms with E-state index in [0.717, 1.165) is 41.0 Å². The van der Waals surface area contributed by atoms with Gasteiger partial charge in [0.1, 0.15) is 12.1 Å². The smallest absolute Gasteiger partial charge is 0.324 e. The molecule has 1 spiro atoms. The van der Waals surface area contributed by atoms with E-state index >= 15 is 0 Å². The molecule has 146 valence electrons. The first-order valence-electron chi connectivity index (χ1n) is 9.79. The Morgan fingerprint density at radius 1 is 1.33 bits per heavy atom. The van der Waals surface area contributed by atoms with Gasteiger partial charge in [0.25, 0.3) is 5.91 Å². The van der Waals surface area contributed by atoms with E-state index in [0.29, 0.717) is 6.42 Å². The molecule has 1 aliphatic carbocycles. The molecule has 2 fully saturated rings. The minimum absolute atomic E-state index is 0.0830. The van der Waals surface area contributed by atoms with Gasteiger partial charge in [-0.3, -0.25) is 14.5 Å². The number of nitrogens with zero attached hydrogens (tertiary/aromatic N) is 1. The molecule has 1 aromatic rings. The zero-order valence-electron chi connectivity index (χ0n) is 16.6. The van der Waals surface area contributed by atoms with Gasteiger partial charge >= 0.3 is 6.03 Å². The van der Waals surface area contributed by atoms with Crippen LogP contribution in [0.5, 0.6) is 0 Å². The summed E-state index contributed by atoms with van der Waals surface area (Å²) < 4.78 is 0. The van der Waals surface area contributed by atoms with Gasteiger partial charge in [-0.1, -0.05) is 51.8 Å². The minimum atomic E-state index is -0.832. The summed E-state index contributed by atoms with van der Waals surface area (Å²) in [7, 11) is 0. The van der Waals surface area contributed by atoms with Crippen LogP contribution in [0, 0.1) is 12.8 Å². The van der Waals surface area contributed by atoms with Crippen molar-refractivity contribution in [3.05, 3.63) is 29.3 Å². The third-order valence-electron chi connectivity index (χ3n) is 5.99. The van der Waals surface area contributed by atoms with Crippen LogP contribution in [-0.2, 0) is 9.59 Å². The maximum absolute atomic E-state index is 13.0. The fourth-order valence-electron chi connectivity index (χ4n) is 4.30. The van der Waals surface area contributed by atoms with E-state index in [1.807, 2.05) is 32.0 Å². The number of carbonyl (C=O) groups is 3. The summed E-state index contributed by atoms with van der Waals surface area (Å²) in [5, 5.41) is 5.80. The maximum Gasteiger partial charge on any atom is 0.325 e. The number of imide groups is 1. The first-order chi connectivity index (χ1) is 12.8. The van der Waals surface area contributed by atoms with Crippen LogP contribution in [0.2, 0.25) is 0 Å². The van der Waals surface area contributed by atoms with Crippen LogP contribution in [0.15, 0.2) is 18.2 Å². The van der Waals surface area contributed by atoms with E-state index < -0.39 is 11.6 Å². The fraction of sp³-hybridized carbons (Fsp3) is 0.571. The van der Waals surface area contributed by atoms with Gasteiger partial charge in [0.2, 0.25) is 5.91 Å². The van der Waals surface area contributed by atoms with Gasteiger partial charge in [0, 0.05) is 5.69 Å². The number of urea groups is 1. The van der Waals surface area contributed by atoms with Crippen LogP contribution < -0.4 is 10.6 Å². The van der Waals surface area contributed by atoms with Gasteiger partial charge < -0.3 is 10.6 Å². The Balaban J connectivity index is 1.76. The third-order valence-corrected chi connectivity index (χ3v) is 5.99. The van der Waals surface area contributed by atoms with E-state index in [1.54, 1.807) is 0 Å². The molecule has 6 nitrogen and oxygen atoms in total. The number of amides is 4. The minimum Gasteiger partial charge on any atom is -0.324 e. The molecule has 2 N–H and O–H groups in total. The Labute approximate surface area is 160 Å². The molecule has 1 saturated heterocycles. The van der Waals surface area contributed by atoms with E-state index in [4.69, 9.17) is 0 Å². The number of anilines is 1. The van der Waals surface area contributed by atoms with Crippen molar-refractivity contribution in [2.24, 2.45) is 5.92 Å². The number of hydrogen-bond donors (Lipinski definition) is 2. The number of aryl methyl sites for hydroxylation is 1. The molecule has 1 aromatic carbocycles. The van der Waals surface area contributed by atoms with Crippen molar-refractivity contribution < 1.29 is 14.4 Å². The molecule has 0 radical (unpaired) electrons. The van der Waals surface area contributed by atoms with Crippen LogP contribution >= 0.6 is 0 Å². The Morgan fingerprint density at radius 2 is 2.07 bits per heavy atom. The second-order valence-electron chi connectivity index (χ2n) is 8.18. The van der Waals surface area contributed by atoms with Crippen LogP contribution in [-0.4, -0.2) is 34.8 Å². The van der Waals surface area contributed by atoms with Crippen LogP contribution in [0.4, 0.5) is 10.5 Å². The molecule has 0 bridgehead atoms. The molecular weight excluding hydrogens is 342 g/mol. The van der Waals surface area contributed by atoms with E-state index in [1.165, 1.54) is 0 Å². The maximum atomic E-state index is 13.0. The number of hydrogen-bond acceptors (Lipinski definition) is 3. The van der Waals surface area contributed by atoms with E-state index in [2.05, 4.69) is 24.5 Å². The normalized spacial score (nSPS) is 25.2. The number of rotatable bonds is 4. The van der Waals surface area contributed by atoms with Crippen molar-refractivity contribution in [3.8, 4) is 0 Å². The number of para-hydroxylation sites is 1. The lowest BCUT2D eigenvalue weighted by molar-refractivity contribution is -0.136. The van der Waals surface area contributed by atoms with Gasteiger partial charge in [0.05, 0.1) is 0 Å². The highest BCUT2D eigenvalue weighted by atomic mass is 16.2. The van der Waals surface area contributed by atoms with Crippen molar-refractivity contribution in [2.45, 2.75) is 64.8 Å². The predicted octanol–water partition coefficient (Wildman–Crippen LogP) is 3.56. The van der Waals surface area contributed by atoms with Gasteiger partial charge in [0.15, 0.2) is 0 Å². The Hall–Kier alpha value is -2.37. The summed E-state index contributed by atoms with van der Waals surface area (Å²) in [5.74, 6) is -0.276. The summed E-state index contributed by atoms with van der Waals surface area (Å²) >= 11 is 0. The predicted molar refractivity (Wildman–Crippen MR) is 105 cm³/mol. The molecule has 27 heavy (non-hydrogen) atoms. The summed E-state index contributed by atoms with van der Waals surface area (Å²) in [6.45, 7) is 7.81. The highest BCUT2D eigenvalue weighted by molar-refractivity contribution is 6.10. The van der Waals surface area contributed by atoms with Crippen molar-refractivity contribution in [2.75, 3.05) is 11.9 Å². The second-order valence-corrected chi connectivity index (χ2v) is 8.18. The third kappa shape index (κ3) is 3.45. The van der Waals surface area contributed by atoms with Gasteiger partial charge in [-0.2, -0.15) is 0 Å². The molecule has 1 heterocycles. The van der Waals surface area contributed by atoms with Crippen LogP contribution in [0.25, 0.3) is 0 Å². The number of nitrogens with one attached hydrogen (secondary N) is 2. The average molecular weight is 371 g/mol. The van der Waals surface area contributed by atoms with Gasteiger partial charge in [-0.05, 0) is 42.7 Å². The average Bonchev–Trinajstić information content (AvgIpc) is 2.84. The zero-order chi connectivity index (χ0) is 19.8. The largest absolute Gasteiger partial charge is 0.325 e. The summed E-state index contributed by atoms with van der Waals surface area (Å²) in [5.41, 5.74) is 1.94. The zero-order valence-corrected chi connectivity index (χ0v) is 16.6. The molecular formula is C21H29N3O3. The molecule has 2 aliphatic rings. The quantitative estimate of drug-likeness (QED) is 0.795. The molecule has 3 rings (SSSR count). The Bertz CT molecular complexity index is 774. The Morgan fingerprint density at radius 3 is 2.74 bits per heavy atom. The molecule has 2 atom stereocenters. The first-order valence-corrected chi connectivity index (χ1v) is 9.79. The Kier molecular flexibility index (Phi) is 5.27. The first kappa shape index (κ1) is 19.4. The van der Waals surface area contributed by atoms with Crippen molar-refractivity contribution in [3.63, 3.8) is 0 Å². The topological polar surface area (TPSA) is 78.5 Å². The molecule has 0 aromatic heterocycles. The number of carbonyl (C=O) groups excluding carboxylic acids is 3. The highest BCUT2D eigenvalue weighted by Crippen LogP contribution is 2.38. The molecule has 1 saturated carbocycles. The lowest BCUT2D eigenvalue weighted by Crippen LogP contribution is -2.54. The van der Waals surface area contributed by atoms with Crippen LogP contribution in [0.1, 0.15) is 63.5 Å². The monoisotopic (exact) mass is 371 g/mol. The van der Waals surface area contributed by atoms with E-state index in [9.17, 15) is 14.4 Å². The van der Waals surface area contributed by atoms with Crippen molar-refractivity contribution >= 4 is 23.5 Å². The number of benzene rings is 1. The molecule has 1 aliphatic heterocycles. The highest BCUT2D eigenvalue weighted by Gasteiger charge is 2.55. The standard InChI is InChI=1S/C21H29N3O3/c1-13(2)16-10-7-8-14(3)18(16)22-17(25)12-24-19(26)21(23-20(24)27)11-6-5-9-15(21)4/h7-8,10,13,15H,5-6,9,11-12H2,1-4H3,(H,22,25)(H,23,27)/t15-,21+/m0/s1. The van der Waals surface area contributed by atoms with Gasteiger partial charge in [-0.15, -0.1) is 0 Å². The summed E-state index contributed by atoms with van der Waals surface area (Å²) in [4.78, 5) is 39.2.